The maximum atomic E-state index is 12.3. The number of piperidine rings is 1. The van der Waals surface area contributed by atoms with Crippen molar-refractivity contribution in [2.45, 2.75) is 25.8 Å². The predicted octanol–water partition coefficient (Wildman–Crippen LogP) is 4.75. The third-order valence-corrected chi connectivity index (χ3v) is 5.17. The first-order valence-corrected chi connectivity index (χ1v) is 10.2. The van der Waals surface area contributed by atoms with Gasteiger partial charge < -0.3 is 15.5 Å². The minimum absolute atomic E-state index is 0.175. The van der Waals surface area contributed by atoms with E-state index in [9.17, 15) is 4.79 Å². The average molecular weight is 386 g/mol. The fourth-order valence-electron chi connectivity index (χ4n) is 3.55. The first-order valence-electron chi connectivity index (χ1n) is 10.2. The minimum Gasteiger partial charge on any atom is -0.372 e. The van der Waals surface area contributed by atoms with Gasteiger partial charge in [-0.15, -0.1) is 0 Å². The molecule has 0 saturated carbocycles. The lowest BCUT2D eigenvalue weighted by Crippen LogP contribution is -2.29. The zero-order chi connectivity index (χ0) is 19.9. The van der Waals surface area contributed by atoms with E-state index >= 15 is 0 Å². The van der Waals surface area contributed by atoms with Gasteiger partial charge in [-0.05, 0) is 61.2 Å². The van der Waals surface area contributed by atoms with E-state index in [1.54, 1.807) is 12.3 Å². The monoisotopic (exact) mass is 386 g/mol. The Balaban J connectivity index is 1.32. The number of rotatable bonds is 6. The first-order chi connectivity index (χ1) is 14.3. The molecule has 1 aromatic heterocycles. The minimum atomic E-state index is -0.175. The molecular weight excluding hydrogens is 360 g/mol. The largest absolute Gasteiger partial charge is 0.372 e. The Hall–Kier alpha value is -3.34. The number of carbonyl (C=O) groups is 1. The lowest BCUT2D eigenvalue weighted by atomic mass is 10.1. The molecule has 5 heteroatoms. The van der Waals surface area contributed by atoms with Crippen molar-refractivity contribution in [2.75, 3.05) is 23.3 Å². The molecule has 148 valence electrons. The molecule has 2 heterocycles. The molecule has 0 spiro atoms. The number of pyridine rings is 1. The van der Waals surface area contributed by atoms with Crippen LogP contribution in [0.5, 0.6) is 0 Å². The topological polar surface area (TPSA) is 57.3 Å². The SMILES string of the molecule is O=C(NCc1ccccc1)c1ccc(Nc2ccc(N3CCCCC3)cc2)cn1. The van der Waals surface area contributed by atoms with E-state index in [1.165, 1.54) is 24.9 Å². The smallest absolute Gasteiger partial charge is 0.270 e. The molecule has 1 saturated heterocycles. The van der Waals surface area contributed by atoms with Crippen LogP contribution in [0.25, 0.3) is 0 Å². The predicted molar refractivity (Wildman–Crippen MR) is 118 cm³/mol. The maximum Gasteiger partial charge on any atom is 0.270 e. The Bertz CT molecular complexity index is 917. The number of nitrogens with zero attached hydrogens (tertiary/aromatic N) is 2. The van der Waals surface area contributed by atoms with Gasteiger partial charge in [-0.2, -0.15) is 0 Å². The molecule has 3 aromatic rings. The van der Waals surface area contributed by atoms with E-state index in [2.05, 4.69) is 44.8 Å². The fraction of sp³-hybridized carbons (Fsp3) is 0.250. The van der Waals surface area contributed by atoms with Crippen molar-refractivity contribution < 1.29 is 4.79 Å². The van der Waals surface area contributed by atoms with E-state index in [-0.39, 0.29) is 5.91 Å². The molecule has 1 aliphatic heterocycles. The van der Waals surface area contributed by atoms with Crippen LogP contribution in [0.15, 0.2) is 72.9 Å². The number of anilines is 3. The van der Waals surface area contributed by atoms with Crippen molar-refractivity contribution in [1.29, 1.82) is 0 Å². The van der Waals surface area contributed by atoms with E-state index in [1.807, 2.05) is 36.4 Å². The summed E-state index contributed by atoms with van der Waals surface area (Å²) in [7, 11) is 0. The zero-order valence-electron chi connectivity index (χ0n) is 16.5. The average Bonchev–Trinajstić information content (AvgIpc) is 2.80. The van der Waals surface area contributed by atoms with Gasteiger partial charge in [-0.25, -0.2) is 4.98 Å². The Morgan fingerprint density at radius 3 is 2.28 bits per heavy atom. The summed E-state index contributed by atoms with van der Waals surface area (Å²) in [4.78, 5) is 19.0. The molecule has 0 unspecified atom stereocenters. The van der Waals surface area contributed by atoms with Crippen molar-refractivity contribution in [3.8, 4) is 0 Å². The highest BCUT2D eigenvalue weighted by Gasteiger charge is 2.11. The highest BCUT2D eigenvalue weighted by atomic mass is 16.1. The van der Waals surface area contributed by atoms with Gasteiger partial charge in [0, 0.05) is 31.0 Å². The number of carbonyl (C=O) groups excluding carboxylic acids is 1. The normalized spacial score (nSPS) is 13.7. The van der Waals surface area contributed by atoms with Crippen LogP contribution >= 0.6 is 0 Å². The lowest BCUT2D eigenvalue weighted by molar-refractivity contribution is 0.0946. The Kier molecular flexibility index (Phi) is 6.05. The standard InChI is InChI=1S/C24H26N4O/c29-24(26-17-19-7-3-1-4-8-19)23-14-11-21(18-25-23)27-20-9-12-22(13-10-20)28-15-5-2-6-16-28/h1,3-4,7-14,18,27H,2,5-6,15-17H2,(H,26,29). The molecule has 0 atom stereocenters. The van der Waals surface area contributed by atoms with Crippen LogP contribution in [0.1, 0.15) is 35.3 Å². The zero-order valence-corrected chi connectivity index (χ0v) is 16.5. The molecule has 2 N–H and O–H groups in total. The van der Waals surface area contributed by atoms with Gasteiger partial charge in [-0.3, -0.25) is 4.79 Å². The Labute approximate surface area is 171 Å². The van der Waals surface area contributed by atoms with E-state index in [0.717, 1.165) is 30.0 Å². The third-order valence-electron chi connectivity index (χ3n) is 5.17. The van der Waals surface area contributed by atoms with E-state index < -0.39 is 0 Å². The second kappa shape index (κ2) is 9.24. The number of nitrogens with one attached hydrogen (secondary N) is 2. The second-order valence-corrected chi connectivity index (χ2v) is 7.32. The summed E-state index contributed by atoms with van der Waals surface area (Å²) in [5.41, 5.74) is 4.61. The summed E-state index contributed by atoms with van der Waals surface area (Å²) in [6.45, 7) is 2.78. The number of aromatic nitrogens is 1. The highest BCUT2D eigenvalue weighted by Crippen LogP contribution is 2.23. The van der Waals surface area contributed by atoms with Crippen LogP contribution in [0, 0.1) is 0 Å². The molecule has 0 bridgehead atoms. The van der Waals surface area contributed by atoms with Crippen molar-refractivity contribution in [3.63, 3.8) is 0 Å². The van der Waals surface area contributed by atoms with Crippen LogP contribution in [-0.4, -0.2) is 24.0 Å². The van der Waals surface area contributed by atoms with Crippen LogP contribution in [-0.2, 0) is 6.54 Å². The molecular formula is C24H26N4O. The Morgan fingerprint density at radius 2 is 1.59 bits per heavy atom. The van der Waals surface area contributed by atoms with E-state index in [0.29, 0.717) is 12.2 Å². The molecule has 2 aromatic carbocycles. The van der Waals surface area contributed by atoms with Crippen molar-refractivity contribution in [2.24, 2.45) is 0 Å². The van der Waals surface area contributed by atoms with Gasteiger partial charge in [0.05, 0.1) is 11.9 Å². The quantitative estimate of drug-likeness (QED) is 0.642. The van der Waals surface area contributed by atoms with Crippen molar-refractivity contribution in [1.82, 2.24) is 10.3 Å². The number of amides is 1. The van der Waals surface area contributed by atoms with Gasteiger partial charge in [0.2, 0.25) is 0 Å². The molecule has 0 radical (unpaired) electrons. The van der Waals surface area contributed by atoms with Crippen molar-refractivity contribution in [3.05, 3.63) is 84.2 Å². The second-order valence-electron chi connectivity index (χ2n) is 7.32. The van der Waals surface area contributed by atoms with Crippen LogP contribution < -0.4 is 15.5 Å². The maximum absolute atomic E-state index is 12.3. The summed E-state index contributed by atoms with van der Waals surface area (Å²) in [5.74, 6) is -0.175. The molecule has 1 fully saturated rings. The number of hydrogen-bond donors (Lipinski definition) is 2. The third kappa shape index (κ3) is 5.13. The molecule has 4 rings (SSSR count). The first kappa shape index (κ1) is 19.0. The summed E-state index contributed by atoms with van der Waals surface area (Å²) in [6, 6.07) is 22.0. The highest BCUT2D eigenvalue weighted by molar-refractivity contribution is 5.92. The van der Waals surface area contributed by atoms with Gasteiger partial charge in [0.1, 0.15) is 5.69 Å². The van der Waals surface area contributed by atoms with Gasteiger partial charge >= 0.3 is 0 Å². The van der Waals surface area contributed by atoms with Gasteiger partial charge in [-0.1, -0.05) is 30.3 Å². The fourth-order valence-corrected chi connectivity index (χ4v) is 3.55. The number of hydrogen-bond acceptors (Lipinski definition) is 4. The van der Waals surface area contributed by atoms with Gasteiger partial charge in [0.25, 0.3) is 5.91 Å². The van der Waals surface area contributed by atoms with Crippen LogP contribution in [0.4, 0.5) is 17.1 Å². The molecule has 1 amide bonds. The van der Waals surface area contributed by atoms with Crippen LogP contribution in [0.2, 0.25) is 0 Å². The van der Waals surface area contributed by atoms with Crippen molar-refractivity contribution >= 4 is 23.0 Å². The van der Waals surface area contributed by atoms with E-state index in [4.69, 9.17) is 0 Å². The Morgan fingerprint density at radius 1 is 0.862 bits per heavy atom. The summed E-state index contributed by atoms with van der Waals surface area (Å²) < 4.78 is 0. The summed E-state index contributed by atoms with van der Waals surface area (Å²) in [5, 5.41) is 6.24. The van der Waals surface area contributed by atoms with Gasteiger partial charge in [0.15, 0.2) is 0 Å². The summed E-state index contributed by atoms with van der Waals surface area (Å²) >= 11 is 0. The molecule has 0 aliphatic carbocycles. The number of benzene rings is 2. The van der Waals surface area contributed by atoms with Crippen LogP contribution in [0.3, 0.4) is 0 Å². The summed E-state index contributed by atoms with van der Waals surface area (Å²) in [6.07, 6.45) is 5.58. The molecule has 1 aliphatic rings. The molecule has 29 heavy (non-hydrogen) atoms. The molecule has 5 nitrogen and oxygen atoms in total. The lowest BCUT2D eigenvalue weighted by Gasteiger charge is -2.28.